The number of aromatic nitrogens is 1. The first-order chi connectivity index (χ1) is 13.2. The summed E-state index contributed by atoms with van der Waals surface area (Å²) in [5.41, 5.74) is 1.86. The Morgan fingerprint density at radius 2 is 1.78 bits per heavy atom. The Morgan fingerprint density at radius 1 is 1.00 bits per heavy atom. The van der Waals surface area contributed by atoms with E-state index in [9.17, 15) is 4.79 Å². The van der Waals surface area contributed by atoms with Gasteiger partial charge in [0.15, 0.2) is 0 Å². The highest BCUT2D eigenvalue weighted by atomic mass is 16.5. The molecule has 1 fully saturated rings. The van der Waals surface area contributed by atoms with Gasteiger partial charge < -0.3 is 14.2 Å². The molecular weight excluding hydrogens is 338 g/mol. The van der Waals surface area contributed by atoms with E-state index in [1.54, 1.807) is 0 Å². The smallest absolute Gasteiger partial charge is 0.254 e. The van der Waals surface area contributed by atoms with Gasteiger partial charge in [-0.1, -0.05) is 24.3 Å². The van der Waals surface area contributed by atoms with Crippen molar-refractivity contribution in [2.24, 2.45) is 7.05 Å². The van der Waals surface area contributed by atoms with E-state index >= 15 is 0 Å². The molecule has 5 heteroatoms. The zero-order chi connectivity index (χ0) is 18.6. The molecule has 1 saturated heterocycles. The molecule has 0 N–H and O–H groups in total. The quantitative estimate of drug-likeness (QED) is 0.699. The van der Waals surface area contributed by atoms with Crippen molar-refractivity contribution < 1.29 is 9.53 Å². The second-order valence-electron chi connectivity index (χ2n) is 7.00. The second kappa shape index (κ2) is 7.84. The molecule has 1 aliphatic rings. The molecule has 3 aromatic rings. The first kappa shape index (κ1) is 17.6. The summed E-state index contributed by atoms with van der Waals surface area (Å²) in [5, 5.41) is 1.16. The van der Waals surface area contributed by atoms with Crippen LogP contribution in [0.1, 0.15) is 10.4 Å². The van der Waals surface area contributed by atoms with Gasteiger partial charge in [0.1, 0.15) is 12.4 Å². The van der Waals surface area contributed by atoms with Crippen molar-refractivity contribution in [3.05, 3.63) is 66.4 Å². The molecule has 0 unspecified atom stereocenters. The summed E-state index contributed by atoms with van der Waals surface area (Å²) in [5.74, 6) is 1.03. The summed E-state index contributed by atoms with van der Waals surface area (Å²) in [6.07, 6.45) is 2.02. The maximum absolute atomic E-state index is 12.9. The Balaban J connectivity index is 1.29. The van der Waals surface area contributed by atoms with Gasteiger partial charge in [-0.25, -0.2) is 0 Å². The van der Waals surface area contributed by atoms with E-state index in [1.165, 1.54) is 0 Å². The molecule has 0 aliphatic carbocycles. The summed E-state index contributed by atoms with van der Waals surface area (Å²) < 4.78 is 7.82. The van der Waals surface area contributed by atoms with Crippen LogP contribution >= 0.6 is 0 Å². The fourth-order valence-corrected chi connectivity index (χ4v) is 3.56. The molecule has 1 aromatic heterocycles. The third-order valence-electron chi connectivity index (χ3n) is 5.21. The normalized spacial score (nSPS) is 15.2. The molecule has 4 rings (SSSR count). The predicted molar refractivity (Wildman–Crippen MR) is 107 cm³/mol. The Morgan fingerprint density at radius 3 is 2.56 bits per heavy atom. The first-order valence-corrected chi connectivity index (χ1v) is 9.45. The molecule has 0 bridgehead atoms. The van der Waals surface area contributed by atoms with Crippen LogP contribution in [0.3, 0.4) is 0 Å². The Bertz CT molecular complexity index is 912. The maximum atomic E-state index is 12.9. The summed E-state index contributed by atoms with van der Waals surface area (Å²) >= 11 is 0. The second-order valence-corrected chi connectivity index (χ2v) is 7.00. The van der Waals surface area contributed by atoms with Gasteiger partial charge in [-0.2, -0.15) is 0 Å². The molecule has 2 aromatic carbocycles. The van der Waals surface area contributed by atoms with Crippen LogP contribution in [-0.4, -0.2) is 59.6 Å². The highest BCUT2D eigenvalue weighted by Crippen LogP contribution is 2.18. The van der Waals surface area contributed by atoms with Gasteiger partial charge in [0.25, 0.3) is 5.91 Å². The van der Waals surface area contributed by atoms with Crippen LogP contribution in [0.4, 0.5) is 0 Å². The Hall–Kier alpha value is -2.79. The summed E-state index contributed by atoms with van der Waals surface area (Å²) in [6.45, 7) is 4.84. The largest absolute Gasteiger partial charge is 0.492 e. The van der Waals surface area contributed by atoms with Crippen LogP contribution in [0.15, 0.2) is 60.8 Å². The van der Waals surface area contributed by atoms with Gasteiger partial charge in [0.05, 0.1) is 0 Å². The zero-order valence-electron chi connectivity index (χ0n) is 15.7. The Kier molecular flexibility index (Phi) is 5.12. The van der Waals surface area contributed by atoms with Crippen molar-refractivity contribution in [3.8, 4) is 5.75 Å². The number of hydrogen-bond donors (Lipinski definition) is 0. The lowest BCUT2D eigenvalue weighted by Gasteiger charge is -2.34. The lowest BCUT2D eigenvalue weighted by molar-refractivity contribution is 0.0620. The van der Waals surface area contributed by atoms with Crippen LogP contribution in [-0.2, 0) is 7.05 Å². The molecule has 1 aliphatic heterocycles. The number of rotatable bonds is 5. The summed E-state index contributed by atoms with van der Waals surface area (Å²) in [4.78, 5) is 17.2. The number of hydrogen-bond acceptors (Lipinski definition) is 3. The standard InChI is InChI=1S/C22H25N3O2/c1-23-10-9-18-7-8-19(17-21(18)23)22(26)25-13-11-24(12-14-25)15-16-27-20-5-3-2-4-6-20/h2-10,17H,11-16H2,1H3. The number of carbonyl (C=O) groups is 1. The predicted octanol–water partition coefficient (Wildman–Crippen LogP) is 3.02. The van der Waals surface area contributed by atoms with Gasteiger partial charge in [-0.15, -0.1) is 0 Å². The molecule has 0 spiro atoms. The number of ether oxygens (including phenoxy) is 1. The SMILES string of the molecule is Cn1ccc2ccc(C(=O)N3CCN(CCOc4ccccc4)CC3)cc21. The molecule has 0 saturated carbocycles. The molecule has 1 amide bonds. The highest BCUT2D eigenvalue weighted by Gasteiger charge is 2.22. The van der Waals surface area contributed by atoms with E-state index in [0.29, 0.717) is 6.61 Å². The minimum absolute atomic E-state index is 0.123. The minimum atomic E-state index is 0.123. The van der Waals surface area contributed by atoms with Crippen molar-refractivity contribution in [1.29, 1.82) is 0 Å². The van der Waals surface area contributed by atoms with Gasteiger partial charge in [-0.3, -0.25) is 9.69 Å². The fourth-order valence-electron chi connectivity index (χ4n) is 3.56. The zero-order valence-corrected chi connectivity index (χ0v) is 15.7. The number of aryl methyl sites for hydroxylation is 1. The number of nitrogens with zero attached hydrogens (tertiary/aromatic N) is 3. The van der Waals surface area contributed by atoms with E-state index in [1.807, 2.05) is 66.7 Å². The molecule has 0 atom stereocenters. The van der Waals surface area contributed by atoms with E-state index in [2.05, 4.69) is 15.5 Å². The number of para-hydroxylation sites is 1. The number of benzene rings is 2. The summed E-state index contributed by atoms with van der Waals surface area (Å²) in [7, 11) is 2.01. The third-order valence-corrected chi connectivity index (χ3v) is 5.21. The van der Waals surface area contributed by atoms with Crippen molar-refractivity contribution in [3.63, 3.8) is 0 Å². The maximum Gasteiger partial charge on any atom is 0.254 e. The van der Waals surface area contributed by atoms with Gasteiger partial charge in [0, 0.05) is 57.0 Å². The number of piperazine rings is 1. The highest BCUT2D eigenvalue weighted by molar-refractivity contribution is 5.98. The lowest BCUT2D eigenvalue weighted by Crippen LogP contribution is -2.49. The molecule has 140 valence electrons. The van der Waals surface area contributed by atoms with Gasteiger partial charge >= 0.3 is 0 Å². The van der Waals surface area contributed by atoms with E-state index < -0.39 is 0 Å². The van der Waals surface area contributed by atoms with Crippen LogP contribution in [0, 0.1) is 0 Å². The van der Waals surface area contributed by atoms with Gasteiger partial charge in [-0.05, 0) is 35.7 Å². The molecular formula is C22H25N3O2. The van der Waals surface area contributed by atoms with E-state index in [0.717, 1.165) is 54.9 Å². The van der Waals surface area contributed by atoms with E-state index in [-0.39, 0.29) is 5.91 Å². The lowest BCUT2D eigenvalue weighted by atomic mass is 10.1. The van der Waals surface area contributed by atoms with E-state index in [4.69, 9.17) is 4.74 Å². The van der Waals surface area contributed by atoms with Crippen LogP contribution in [0.2, 0.25) is 0 Å². The third kappa shape index (κ3) is 3.98. The monoisotopic (exact) mass is 363 g/mol. The molecule has 27 heavy (non-hydrogen) atoms. The van der Waals surface area contributed by atoms with Crippen LogP contribution in [0.25, 0.3) is 10.9 Å². The van der Waals surface area contributed by atoms with Crippen molar-refractivity contribution in [2.75, 3.05) is 39.3 Å². The van der Waals surface area contributed by atoms with Crippen LogP contribution in [0.5, 0.6) is 5.75 Å². The molecule has 5 nitrogen and oxygen atoms in total. The fraction of sp³-hybridized carbons (Fsp3) is 0.318. The van der Waals surface area contributed by atoms with Crippen LogP contribution < -0.4 is 4.74 Å². The van der Waals surface area contributed by atoms with Gasteiger partial charge in [0.2, 0.25) is 0 Å². The molecule has 2 heterocycles. The average Bonchev–Trinajstić information content (AvgIpc) is 3.09. The van der Waals surface area contributed by atoms with Crippen molar-refractivity contribution >= 4 is 16.8 Å². The summed E-state index contributed by atoms with van der Waals surface area (Å²) in [6, 6.07) is 17.9. The topological polar surface area (TPSA) is 37.7 Å². The van der Waals surface area contributed by atoms with Crippen molar-refractivity contribution in [2.45, 2.75) is 0 Å². The number of amides is 1. The van der Waals surface area contributed by atoms with Crippen molar-refractivity contribution in [1.82, 2.24) is 14.4 Å². The molecule has 0 radical (unpaired) electrons. The number of fused-ring (bicyclic) bond motifs is 1. The number of carbonyl (C=O) groups excluding carboxylic acids is 1. The Labute approximate surface area is 159 Å². The minimum Gasteiger partial charge on any atom is -0.492 e. The first-order valence-electron chi connectivity index (χ1n) is 9.45. The average molecular weight is 363 g/mol.